The lowest BCUT2D eigenvalue weighted by molar-refractivity contribution is 0.0527. The van der Waals surface area contributed by atoms with Crippen LogP contribution >= 0.6 is 23.1 Å². The first-order valence-corrected chi connectivity index (χ1v) is 12.0. The Labute approximate surface area is 194 Å². The minimum absolute atomic E-state index is 0.204. The number of nitrogens with two attached hydrogens (primary N) is 1. The number of hydrogen-bond acceptors (Lipinski definition) is 10. The van der Waals surface area contributed by atoms with Gasteiger partial charge in [-0.15, -0.1) is 21.5 Å². The van der Waals surface area contributed by atoms with Crippen molar-refractivity contribution >= 4 is 40.0 Å². The second-order valence-corrected chi connectivity index (χ2v) is 8.57. The number of nitrogen functional groups attached to an aromatic ring is 1. The number of pyridine rings is 1. The van der Waals surface area contributed by atoms with E-state index in [-0.39, 0.29) is 29.5 Å². The summed E-state index contributed by atoms with van der Waals surface area (Å²) in [4.78, 5) is 29.4. The summed E-state index contributed by atoms with van der Waals surface area (Å²) in [6.45, 7) is 6.66. The number of aromatic nitrogens is 4. The standard InChI is InChI=1S/C21H25N5O4S2/c1-4-11-26-18(13-7-9-23-10-8-13)24-25-21(26)31-12-14-15(19(27)29-5-2)17(22)32-16(14)20(28)30-6-3/h7-10H,4-6,11-12,22H2,1-3H3. The number of ether oxygens (including phenoxy) is 2. The van der Waals surface area contributed by atoms with Crippen LogP contribution in [-0.4, -0.2) is 44.9 Å². The number of esters is 2. The zero-order chi connectivity index (χ0) is 23.1. The third-order valence-corrected chi connectivity index (χ3v) is 6.46. The van der Waals surface area contributed by atoms with Gasteiger partial charge < -0.3 is 19.8 Å². The van der Waals surface area contributed by atoms with Crippen molar-refractivity contribution in [3.63, 3.8) is 0 Å². The van der Waals surface area contributed by atoms with Gasteiger partial charge in [-0.1, -0.05) is 18.7 Å². The molecule has 2 N–H and O–H groups in total. The van der Waals surface area contributed by atoms with Gasteiger partial charge in [0.15, 0.2) is 11.0 Å². The number of nitrogens with zero attached hydrogens (tertiary/aromatic N) is 4. The Morgan fingerprint density at radius 1 is 1.09 bits per heavy atom. The van der Waals surface area contributed by atoms with Crippen LogP contribution in [0.5, 0.6) is 0 Å². The largest absolute Gasteiger partial charge is 0.462 e. The van der Waals surface area contributed by atoms with Gasteiger partial charge in [-0.25, -0.2) is 9.59 Å². The van der Waals surface area contributed by atoms with Crippen molar-refractivity contribution in [3.8, 4) is 11.4 Å². The van der Waals surface area contributed by atoms with Crippen LogP contribution in [0.25, 0.3) is 11.4 Å². The van der Waals surface area contributed by atoms with Crippen molar-refractivity contribution in [2.45, 2.75) is 44.6 Å². The first-order valence-electron chi connectivity index (χ1n) is 10.2. The lowest BCUT2D eigenvalue weighted by Gasteiger charge is -2.10. The molecule has 3 aromatic heterocycles. The number of thiophene rings is 1. The van der Waals surface area contributed by atoms with Gasteiger partial charge >= 0.3 is 11.9 Å². The van der Waals surface area contributed by atoms with Gasteiger partial charge in [0, 0.05) is 35.8 Å². The molecule has 0 aliphatic heterocycles. The number of carbonyl (C=O) groups excluding carboxylic acids is 2. The minimum Gasteiger partial charge on any atom is -0.462 e. The molecule has 0 spiro atoms. The first kappa shape index (κ1) is 23.7. The van der Waals surface area contributed by atoms with Crippen LogP contribution in [0.2, 0.25) is 0 Å². The number of carbonyl (C=O) groups is 2. The molecule has 0 aliphatic rings. The molecule has 0 amide bonds. The summed E-state index contributed by atoms with van der Waals surface area (Å²) in [6, 6.07) is 3.75. The Hall–Kier alpha value is -2.92. The van der Waals surface area contributed by atoms with Crippen molar-refractivity contribution in [2.24, 2.45) is 0 Å². The number of anilines is 1. The normalized spacial score (nSPS) is 10.8. The maximum Gasteiger partial charge on any atom is 0.348 e. The highest BCUT2D eigenvalue weighted by atomic mass is 32.2. The van der Waals surface area contributed by atoms with Gasteiger partial charge in [0.25, 0.3) is 0 Å². The fraction of sp³-hybridized carbons (Fsp3) is 0.381. The molecule has 0 aromatic carbocycles. The van der Waals surface area contributed by atoms with E-state index in [1.807, 2.05) is 16.7 Å². The van der Waals surface area contributed by atoms with E-state index in [2.05, 4.69) is 22.1 Å². The van der Waals surface area contributed by atoms with Crippen molar-refractivity contribution in [2.75, 3.05) is 18.9 Å². The number of thioether (sulfide) groups is 1. The third-order valence-electron chi connectivity index (χ3n) is 4.42. The second kappa shape index (κ2) is 11.1. The minimum atomic E-state index is -0.556. The van der Waals surface area contributed by atoms with Gasteiger partial charge in [0.05, 0.1) is 18.8 Å². The zero-order valence-corrected chi connectivity index (χ0v) is 19.8. The van der Waals surface area contributed by atoms with Crippen LogP contribution in [0, 0.1) is 0 Å². The third kappa shape index (κ3) is 5.10. The maximum absolute atomic E-state index is 12.6. The monoisotopic (exact) mass is 475 g/mol. The van der Waals surface area contributed by atoms with E-state index in [0.717, 1.165) is 29.1 Å². The molecule has 0 saturated heterocycles. The average Bonchev–Trinajstić information content (AvgIpc) is 3.34. The quantitative estimate of drug-likeness (QED) is 0.342. The Morgan fingerprint density at radius 2 is 1.78 bits per heavy atom. The maximum atomic E-state index is 12.6. The Balaban J connectivity index is 1.96. The van der Waals surface area contributed by atoms with Crippen molar-refractivity contribution in [1.29, 1.82) is 0 Å². The van der Waals surface area contributed by atoms with Crippen LogP contribution in [-0.2, 0) is 21.8 Å². The van der Waals surface area contributed by atoms with E-state index in [0.29, 0.717) is 22.1 Å². The lowest BCUT2D eigenvalue weighted by Crippen LogP contribution is -2.11. The molecule has 170 valence electrons. The van der Waals surface area contributed by atoms with E-state index in [1.165, 1.54) is 11.8 Å². The summed E-state index contributed by atoms with van der Waals surface area (Å²) >= 11 is 2.41. The molecule has 3 aromatic rings. The van der Waals surface area contributed by atoms with Gasteiger partial charge in [-0.3, -0.25) is 4.98 Å². The van der Waals surface area contributed by atoms with Crippen LogP contribution in [0.1, 0.15) is 52.8 Å². The first-order chi connectivity index (χ1) is 15.5. The molecule has 32 heavy (non-hydrogen) atoms. The molecule has 0 bridgehead atoms. The Morgan fingerprint density at radius 3 is 2.44 bits per heavy atom. The van der Waals surface area contributed by atoms with E-state index in [9.17, 15) is 9.59 Å². The van der Waals surface area contributed by atoms with Crippen LogP contribution in [0.4, 0.5) is 5.00 Å². The molecule has 3 heterocycles. The van der Waals surface area contributed by atoms with E-state index >= 15 is 0 Å². The molecular weight excluding hydrogens is 450 g/mol. The predicted octanol–water partition coefficient (Wildman–Crippen LogP) is 4.04. The summed E-state index contributed by atoms with van der Waals surface area (Å²) in [6.07, 6.45) is 4.30. The molecule has 0 radical (unpaired) electrons. The molecule has 0 saturated carbocycles. The molecule has 9 nitrogen and oxygen atoms in total. The van der Waals surface area contributed by atoms with Crippen LogP contribution in [0.3, 0.4) is 0 Å². The van der Waals surface area contributed by atoms with Crippen LogP contribution in [0.15, 0.2) is 29.7 Å². The average molecular weight is 476 g/mol. The fourth-order valence-electron chi connectivity index (χ4n) is 3.08. The highest BCUT2D eigenvalue weighted by Crippen LogP contribution is 2.37. The predicted molar refractivity (Wildman–Crippen MR) is 124 cm³/mol. The molecule has 11 heteroatoms. The van der Waals surface area contributed by atoms with Gasteiger partial charge in [-0.05, 0) is 32.4 Å². The number of rotatable bonds is 10. The van der Waals surface area contributed by atoms with Crippen LogP contribution < -0.4 is 5.73 Å². The second-order valence-electron chi connectivity index (χ2n) is 6.57. The zero-order valence-electron chi connectivity index (χ0n) is 18.2. The topological polar surface area (TPSA) is 122 Å². The Kier molecular flexibility index (Phi) is 8.23. The van der Waals surface area contributed by atoms with Crippen molar-refractivity contribution < 1.29 is 19.1 Å². The van der Waals surface area contributed by atoms with Crippen molar-refractivity contribution in [3.05, 3.63) is 40.5 Å². The Bertz CT molecular complexity index is 1080. The smallest absolute Gasteiger partial charge is 0.348 e. The SMILES string of the molecule is CCCn1c(SCc2c(C(=O)OCC)sc(N)c2C(=O)OCC)nnc1-c1ccncc1. The van der Waals surface area contributed by atoms with Gasteiger partial charge in [-0.2, -0.15) is 0 Å². The molecule has 3 rings (SSSR count). The highest BCUT2D eigenvalue weighted by molar-refractivity contribution is 7.98. The van der Waals surface area contributed by atoms with Crippen molar-refractivity contribution in [1.82, 2.24) is 19.7 Å². The lowest BCUT2D eigenvalue weighted by atomic mass is 10.1. The summed E-state index contributed by atoms with van der Waals surface area (Å²) in [5.74, 6) is -0.0469. The highest BCUT2D eigenvalue weighted by Gasteiger charge is 2.28. The summed E-state index contributed by atoms with van der Waals surface area (Å²) in [5.41, 5.74) is 7.71. The van der Waals surface area contributed by atoms with E-state index < -0.39 is 11.9 Å². The summed E-state index contributed by atoms with van der Waals surface area (Å²) in [5, 5.41) is 9.61. The van der Waals surface area contributed by atoms with E-state index in [4.69, 9.17) is 15.2 Å². The van der Waals surface area contributed by atoms with E-state index in [1.54, 1.807) is 26.2 Å². The molecule has 0 atom stereocenters. The molecule has 0 fully saturated rings. The number of hydrogen-bond donors (Lipinski definition) is 1. The fourth-order valence-corrected chi connectivity index (χ4v) is 5.14. The molecular formula is C21H25N5O4S2. The van der Waals surface area contributed by atoms with Gasteiger partial charge in [0.2, 0.25) is 0 Å². The summed E-state index contributed by atoms with van der Waals surface area (Å²) < 4.78 is 12.4. The molecule has 0 unspecified atom stereocenters. The van der Waals surface area contributed by atoms with Gasteiger partial charge in [0.1, 0.15) is 9.88 Å². The molecule has 0 aliphatic carbocycles. The summed E-state index contributed by atoms with van der Waals surface area (Å²) in [7, 11) is 0.